The summed E-state index contributed by atoms with van der Waals surface area (Å²) in [6.07, 6.45) is 9.35. The second-order valence-electron chi connectivity index (χ2n) is 4.34. The summed E-state index contributed by atoms with van der Waals surface area (Å²) in [5, 5.41) is 8.85. The van der Waals surface area contributed by atoms with Crippen molar-refractivity contribution in [3.63, 3.8) is 0 Å². The number of aliphatic hydroxyl groups excluding tert-OH is 1. The number of allylic oxidation sites excluding steroid dienone is 1. The van der Waals surface area contributed by atoms with Crippen molar-refractivity contribution in [2.75, 3.05) is 13.2 Å². The molecule has 1 aliphatic rings. The van der Waals surface area contributed by atoms with Gasteiger partial charge in [0.1, 0.15) is 0 Å². The summed E-state index contributed by atoms with van der Waals surface area (Å²) >= 11 is 0. The topological polar surface area (TPSA) is 23.5 Å². The Labute approximate surface area is 87.6 Å². The highest BCUT2D eigenvalue weighted by molar-refractivity contribution is 4.99. The van der Waals surface area contributed by atoms with Gasteiger partial charge in [0.05, 0.1) is 0 Å². The molecule has 2 heteroatoms. The molecule has 0 fully saturated rings. The predicted molar refractivity (Wildman–Crippen MR) is 60.3 cm³/mol. The van der Waals surface area contributed by atoms with Gasteiger partial charge < -0.3 is 5.11 Å². The Morgan fingerprint density at radius 2 is 2.29 bits per heavy atom. The highest BCUT2D eigenvalue weighted by Crippen LogP contribution is 2.18. The molecule has 0 radical (unpaired) electrons. The van der Waals surface area contributed by atoms with Crippen molar-refractivity contribution in [2.45, 2.75) is 51.6 Å². The number of hydrogen-bond donors (Lipinski definition) is 1. The van der Waals surface area contributed by atoms with Crippen molar-refractivity contribution in [1.82, 2.24) is 4.90 Å². The lowest BCUT2D eigenvalue weighted by Gasteiger charge is -2.34. The van der Waals surface area contributed by atoms with Gasteiger partial charge in [0.25, 0.3) is 0 Å². The Kier molecular flexibility index (Phi) is 5.20. The summed E-state index contributed by atoms with van der Waals surface area (Å²) in [5.74, 6) is 0. The SMILES string of the molecule is CC(C)N(CCCO)C1C=CCCC1. The molecule has 0 aliphatic heterocycles. The lowest BCUT2D eigenvalue weighted by Crippen LogP contribution is -2.41. The third-order valence-electron chi connectivity index (χ3n) is 2.89. The molecule has 0 aromatic carbocycles. The molecule has 0 saturated carbocycles. The van der Waals surface area contributed by atoms with Crippen LogP contribution in [0.15, 0.2) is 12.2 Å². The van der Waals surface area contributed by atoms with E-state index in [0.29, 0.717) is 18.7 Å². The van der Waals surface area contributed by atoms with Crippen LogP contribution >= 0.6 is 0 Å². The summed E-state index contributed by atoms with van der Waals surface area (Å²) in [6, 6.07) is 1.18. The second-order valence-corrected chi connectivity index (χ2v) is 4.34. The van der Waals surface area contributed by atoms with Gasteiger partial charge in [-0.25, -0.2) is 0 Å². The summed E-state index contributed by atoms with van der Waals surface area (Å²) in [4.78, 5) is 2.49. The monoisotopic (exact) mass is 197 g/mol. The van der Waals surface area contributed by atoms with Gasteiger partial charge in [0.2, 0.25) is 0 Å². The average Bonchev–Trinajstić information content (AvgIpc) is 2.19. The Hall–Kier alpha value is -0.340. The third-order valence-corrected chi connectivity index (χ3v) is 2.89. The molecule has 1 atom stereocenters. The van der Waals surface area contributed by atoms with Gasteiger partial charge in [-0.15, -0.1) is 0 Å². The fourth-order valence-corrected chi connectivity index (χ4v) is 2.13. The molecule has 0 bridgehead atoms. The highest BCUT2D eigenvalue weighted by atomic mass is 16.3. The average molecular weight is 197 g/mol. The van der Waals surface area contributed by atoms with Crippen LogP contribution in [0.25, 0.3) is 0 Å². The van der Waals surface area contributed by atoms with E-state index in [2.05, 4.69) is 30.9 Å². The minimum Gasteiger partial charge on any atom is -0.396 e. The molecular weight excluding hydrogens is 174 g/mol. The normalized spacial score (nSPS) is 22.2. The molecule has 1 rings (SSSR count). The summed E-state index contributed by atoms with van der Waals surface area (Å²) < 4.78 is 0. The molecule has 1 N–H and O–H groups in total. The second kappa shape index (κ2) is 6.20. The fourth-order valence-electron chi connectivity index (χ4n) is 2.13. The number of aliphatic hydroxyl groups is 1. The Morgan fingerprint density at radius 1 is 1.50 bits per heavy atom. The van der Waals surface area contributed by atoms with E-state index in [-0.39, 0.29) is 0 Å². The van der Waals surface area contributed by atoms with Gasteiger partial charge >= 0.3 is 0 Å². The lowest BCUT2D eigenvalue weighted by atomic mass is 10.00. The molecule has 14 heavy (non-hydrogen) atoms. The molecule has 0 heterocycles. The quantitative estimate of drug-likeness (QED) is 0.683. The molecule has 0 aromatic rings. The van der Waals surface area contributed by atoms with Crippen LogP contribution in [-0.2, 0) is 0 Å². The first-order valence-corrected chi connectivity index (χ1v) is 5.79. The van der Waals surface area contributed by atoms with Crippen molar-refractivity contribution >= 4 is 0 Å². The first-order chi connectivity index (χ1) is 6.75. The zero-order valence-corrected chi connectivity index (χ0v) is 9.45. The standard InChI is InChI=1S/C12H23NO/c1-11(2)13(9-6-10-14)12-7-4-3-5-8-12/h4,7,11-12,14H,3,5-6,8-10H2,1-2H3. The zero-order valence-electron chi connectivity index (χ0n) is 9.45. The van der Waals surface area contributed by atoms with Crippen LogP contribution in [0.5, 0.6) is 0 Å². The van der Waals surface area contributed by atoms with E-state index in [0.717, 1.165) is 13.0 Å². The van der Waals surface area contributed by atoms with E-state index in [1.54, 1.807) is 0 Å². The molecular formula is C12H23NO. The van der Waals surface area contributed by atoms with E-state index in [9.17, 15) is 0 Å². The number of nitrogens with zero attached hydrogens (tertiary/aromatic N) is 1. The van der Waals surface area contributed by atoms with E-state index < -0.39 is 0 Å². The van der Waals surface area contributed by atoms with Crippen LogP contribution in [0.3, 0.4) is 0 Å². The van der Waals surface area contributed by atoms with E-state index >= 15 is 0 Å². The van der Waals surface area contributed by atoms with Crippen molar-refractivity contribution in [3.8, 4) is 0 Å². The molecule has 1 unspecified atom stereocenters. The summed E-state index contributed by atoms with van der Waals surface area (Å²) in [6.45, 7) is 5.79. The Balaban J connectivity index is 2.47. The largest absolute Gasteiger partial charge is 0.396 e. The number of rotatable bonds is 5. The van der Waals surface area contributed by atoms with Gasteiger partial charge in [-0.05, 0) is 39.5 Å². The van der Waals surface area contributed by atoms with Crippen LogP contribution in [-0.4, -0.2) is 35.2 Å². The van der Waals surface area contributed by atoms with Gasteiger partial charge in [0, 0.05) is 25.2 Å². The van der Waals surface area contributed by atoms with Gasteiger partial charge in [-0.2, -0.15) is 0 Å². The van der Waals surface area contributed by atoms with Crippen LogP contribution in [0.4, 0.5) is 0 Å². The minimum absolute atomic E-state index is 0.305. The van der Waals surface area contributed by atoms with Gasteiger partial charge in [-0.3, -0.25) is 4.90 Å². The number of hydrogen-bond acceptors (Lipinski definition) is 2. The first kappa shape index (κ1) is 11.7. The van der Waals surface area contributed by atoms with Crippen molar-refractivity contribution in [2.24, 2.45) is 0 Å². The van der Waals surface area contributed by atoms with E-state index in [4.69, 9.17) is 5.11 Å². The zero-order chi connectivity index (χ0) is 10.4. The maximum Gasteiger partial charge on any atom is 0.0443 e. The highest BCUT2D eigenvalue weighted by Gasteiger charge is 2.19. The summed E-state index contributed by atoms with van der Waals surface area (Å²) in [5.41, 5.74) is 0. The summed E-state index contributed by atoms with van der Waals surface area (Å²) in [7, 11) is 0. The van der Waals surface area contributed by atoms with Crippen molar-refractivity contribution in [1.29, 1.82) is 0 Å². The van der Waals surface area contributed by atoms with Crippen LogP contribution in [0.1, 0.15) is 39.5 Å². The van der Waals surface area contributed by atoms with Crippen LogP contribution in [0, 0.1) is 0 Å². The predicted octanol–water partition coefficient (Wildman–Crippen LogP) is 2.19. The Morgan fingerprint density at radius 3 is 2.79 bits per heavy atom. The minimum atomic E-state index is 0.305. The maximum absolute atomic E-state index is 8.85. The molecule has 82 valence electrons. The fraction of sp³-hybridized carbons (Fsp3) is 0.833. The lowest BCUT2D eigenvalue weighted by molar-refractivity contribution is 0.152. The molecule has 0 spiro atoms. The van der Waals surface area contributed by atoms with Gasteiger partial charge in [-0.1, -0.05) is 12.2 Å². The molecule has 2 nitrogen and oxygen atoms in total. The Bertz CT molecular complexity index is 177. The van der Waals surface area contributed by atoms with Crippen molar-refractivity contribution in [3.05, 3.63) is 12.2 Å². The smallest absolute Gasteiger partial charge is 0.0443 e. The molecule has 0 saturated heterocycles. The third kappa shape index (κ3) is 3.43. The molecule has 0 aromatic heterocycles. The maximum atomic E-state index is 8.85. The van der Waals surface area contributed by atoms with Gasteiger partial charge in [0.15, 0.2) is 0 Å². The van der Waals surface area contributed by atoms with Crippen LogP contribution < -0.4 is 0 Å². The van der Waals surface area contributed by atoms with E-state index in [1.807, 2.05) is 0 Å². The van der Waals surface area contributed by atoms with Crippen LogP contribution in [0.2, 0.25) is 0 Å². The van der Waals surface area contributed by atoms with Crippen molar-refractivity contribution < 1.29 is 5.11 Å². The first-order valence-electron chi connectivity index (χ1n) is 5.79. The van der Waals surface area contributed by atoms with E-state index in [1.165, 1.54) is 19.3 Å². The molecule has 1 aliphatic carbocycles. The molecule has 0 amide bonds.